The lowest BCUT2D eigenvalue weighted by Gasteiger charge is -2.22. The minimum Gasteiger partial charge on any atom is -0.376 e. The van der Waals surface area contributed by atoms with Crippen molar-refractivity contribution < 1.29 is 14.3 Å². The van der Waals surface area contributed by atoms with Crippen LogP contribution in [0.2, 0.25) is 0 Å². The number of H-pyrrole nitrogens is 1. The molecule has 0 saturated carbocycles. The van der Waals surface area contributed by atoms with Crippen LogP contribution in [0.1, 0.15) is 10.6 Å². The van der Waals surface area contributed by atoms with Crippen molar-refractivity contribution in [1.82, 2.24) is 25.9 Å². The first-order valence-corrected chi connectivity index (χ1v) is 4.57. The zero-order valence-corrected chi connectivity index (χ0v) is 7.97. The Kier molecular flexibility index (Phi) is 3.20. The summed E-state index contributed by atoms with van der Waals surface area (Å²) in [6, 6.07) is 0. The highest BCUT2D eigenvalue weighted by atomic mass is 16.6. The van der Waals surface area contributed by atoms with Crippen molar-refractivity contribution in [3.05, 3.63) is 5.82 Å². The Morgan fingerprint density at radius 3 is 3.20 bits per heavy atom. The highest BCUT2D eigenvalue weighted by molar-refractivity contribution is 5.89. The second kappa shape index (κ2) is 4.80. The fourth-order valence-corrected chi connectivity index (χ4v) is 1.20. The second-order valence-corrected chi connectivity index (χ2v) is 3.01. The molecule has 1 fully saturated rings. The molecule has 1 aliphatic heterocycles. The van der Waals surface area contributed by atoms with Crippen molar-refractivity contribution in [2.24, 2.45) is 0 Å². The van der Waals surface area contributed by atoms with Crippen molar-refractivity contribution in [3.63, 3.8) is 0 Å². The first kappa shape index (κ1) is 9.99. The van der Waals surface area contributed by atoms with Gasteiger partial charge >= 0.3 is 0 Å². The average Bonchev–Trinajstić information content (AvgIpc) is 2.81. The van der Waals surface area contributed by atoms with E-state index in [0.717, 1.165) is 0 Å². The molecule has 0 spiro atoms. The van der Waals surface area contributed by atoms with Gasteiger partial charge in [-0.2, -0.15) is 5.21 Å². The molecule has 0 aliphatic carbocycles. The van der Waals surface area contributed by atoms with E-state index in [0.29, 0.717) is 26.4 Å². The molecule has 8 heteroatoms. The molecule has 0 radical (unpaired) electrons. The maximum Gasteiger partial charge on any atom is 0.292 e. The van der Waals surface area contributed by atoms with Gasteiger partial charge in [-0.15, -0.1) is 10.2 Å². The lowest BCUT2D eigenvalue weighted by molar-refractivity contribution is -0.0855. The van der Waals surface area contributed by atoms with Crippen molar-refractivity contribution >= 4 is 5.91 Å². The number of aromatic amines is 1. The molecule has 0 bridgehead atoms. The van der Waals surface area contributed by atoms with Gasteiger partial charge in [-0.25, -0.2) is 0 Å². The molecular formula is C7H11N5O3. The molecular weight excluding hydrogens is 202 g/mol. The summed E-state index contributed by atoms with van der Waals surface area (Å²) >= 11 is 0. The van der Waals surface area contributed by atoms with Crippen LogP contribution >= 0.6 is 0 Å². The molecule has 1 saturated heterocycles. The van der Waals surface area contributed by atoms with Gasteiger partial charge in [0, 0.05) is 6.54 Å². The third-order valence-corrected chi connectivity index (χ3v) is 1.92. The fourth-order valence-electron chi connectivity index (χ4n) is 1.20. The van der Waals surface area contributed by atoms with Gasteiger partial charge in [-0.3, -0.25) is 4.79 Å². The number of tetrazole rings is 1. The van der Waals surface area contributed by atoms with E-state index >= 15 is 0 Å². The van der Waals surface area contributed by atoms with E-state index in [4.69, 9.17) is 9.47 Å². The number of carbonyl (C=O) groups is 1. The summed E-state index contributed by atoms with van der Waals surface area (Å²) in [4.78, 5) is 11.4. The summed E-state index contributed by atoms with van der Waals surface area (Å²) in [6.07, 6.45) is -0.102. The van der Waals surface area contributed by atoms with Crippen LogP contribution in [0.4, 0.5) is 0 Å². The standard InChI is InChI=1S/C7H11N5O3/c13-7(6-9-11-12-10-6)8-3-5-4-14-1-2-15-5/h5H,1-4H2,(H,8,13)(H,9,10,11,12). The number of nitrogens with one attached hydrogen (secondary N) is 2. The van der Waals surface area contributed by atoms with Crippen LogP contribution in [0.15, 0.2) is 0 Å². The normalized spacial score (nSPS) is 21.2. The van der Waals surface area contributed by atoms with Crippen LogP contribution in [-0.2, 0) is 9.47 Å². The van der Waals surface area contributed by atoms with Crippen LogP contribution in [0.5, 0.6) is 0 Å². The number of ether oxygens (including phenoxy) is 2. The Morgan fingerprint density at radius 1 is 1.60 bits per heavy atom. The van der Waals surface area contributed by atoms with Gasteiger partial charge in [0.05, 0.1) is 25.9 Å². The van der Waals surface area contributed by atoms with Gasteiger partial charge in [0.15, 0.2) is 0 Å². The molecule has 8 nitrogen and oxygen atoms in total. The van der Waals surface area contributed by atoms with E-state index in [1.54, 1.807) is 0 Å². The van der Waals surface area contributed by atoms with E-state index < -0.39 is 0 Å². The van der Waals surface area contributed by atoms with Crippen molar-refractivity contribution in [2.45, 2.75) is 6.10 Å². The van der Waals surface area contributed by atoms with Crippen molar-refractivity contribution in [2.75, 3.05) is 26.4 Å². The predicted molar refractivity (Wildman–Crippen MR) is 47.1 cm³/mol. The average molecular weight is 213 g/mol. The summed E-state index contributed by atoms with van der Waals surface area (Å²) in [5.74, 6) is -0.357. The first-order valence-electron chi connectivity index (χ1n) is 4.57. The van der Waals surface area contributed by atoms with Gasteiger partial charge in [0.25, 0.3) is 11.7 Å². The van der Waals surface area contributed by atoms with Crippen LogP contribution in [0, 0.1) is 0 Å². The zero-order chi connectivity index (χ0) is 10.5. The molecule has 82 valence electrons. The van der Waals surface area contributed by atoms with E-state index in [9.17, 15) is 4.79 Å². The number of hydrogen-bond acceptors (Lipinski definition) is 6. The topological polar surface area (TPSA) is 102 Å². The maximum atomic E-state index is 11.4. The Morgan fingerprint density at radius 2 is 2.53 bits per heavy atom. The van der Waals surface area contributed by atoms with E-state index in [2.05, 4.69) is 25.9 Å². The number of aromatic nitrogens is 4. The van der Waals surface area contributed by atoms with Gasteiger partial charge < -0.3 is 14.8 Å². The van der Waals surface area contributed by atoms with Crippen molar-refractivity contribution in [1.29, 1.82) is 0 Å². The SMILES string of the molecule is O=C(NCC1COCCO1)c1nn[nH]n1. The Labute approximate surface area is 85.3 Å². The van der Waals surface area contributed by atoms with Crippen LogP contribution < -0.4 is 5.32 Å². The lowest BCUT2D eigenvalue weighted by Crippen LogP contribution is -2.40. The predicted octanol–water partition coefficient (Wildman–Crippen LogP) is -1.66. The number of carbonyl (C=O) groups excluding carboxylic acids is 1. The van der Waals surface area contributed by atoms with E-state index in [1.165, 1.54) is 0 Å². The van der Waals surface area contributed by atoms with Gasteiger partial charge in [0.1, 0.15) is 0 Å². The lowest BCUT2D eigenvalue weighted by atomic mass is 10.3. The molecule has 1 atom stereocenters. The number of hydrogen-bond donors (Lipinski definition) is 2. The first-order chi connectivity index (χ1) is 7.36. The zero-order valence-electron chi connectivity index (χ0n) is 7.97. The summed E-state index contributed by atoms with van der Waals surface area (Å²) < 4.78 is 10.5. The van der Waals surface area contributed by atoms with Crippen molar-refractivity contribution in [3.8, 4) is 0 Å². The molecule has 15 heavy (non-hydrogen) atoms. The highest BCUT2D eigenvalue weighted by Crippen LogP contribution is 1.99. The largest absolute Gasteiger partial charge is 0.376 e. The Bertz CT molecular complexity index is 308. The Hall–Kier alpha value is -1.54. The molecule has 2 N–H and O–H groups in total. The van der Waals surface area contributed by atoms with Gasteiger partial charge in [0.2, 0.25) is 0 Å². The molecule has 1 aromatic heterocycles. The van der Waals surface area contributed by atoms with E-state index in [1.807, 2.05) is 0 Å². The smallest absolute Gasteiger partial charge is 0.292 e. The van der Waals surface area contributed by atoms with Crippen LogP contribution in [-0.4, -0.2) is 59.0 Å². The molecule has 1 aliphatic rings. The van der Waals surface area contributed by atoms with E-state index in [-0.39, 0.29) is 17.8 Å². The number of amides is 1. The van der Waals surface area contributed by atoms with Gasteiger partial charge in [-0.1, -0.05) is 0 Å². The molecule has 1 unspecified atom stereocenters. The molecule has 1 amide bonds. The van der Waals surface area contributed by atoms with Gasteiger partial charge in [-0.05, 0) is 5.21 Å². The summed E-state index contributed by atoms with van der Waals surface area (Å²) in [6.45, 7) is 2.04. The number of nitrogens with zero attached hydrogens (tertiary/aromatic N) is 3. The summed E-state index contributed by atoms with van der Waals surface area (Å²) in [7, 11) is 0. The quantitative estimate of drug-likeness (QED) is 0.623. The molecule has 2 rings (SSSR count). The monoisotopic (exact) mass is 213 g/mol. The Balaban J connectivity index is 1.75. The minimum atomic E-state index is -0.377. The summed E-state index contributed by atoms with van der Waals surface area (Å²) in [5.41, 5.74) is 0. The maximum absolute atomic E-state index is 11.4. The minimum absolute atomic E-state index is 0.0201. The number of rotatable bonds is 3. The molecule has 0 aromatic carbocycles. The third kappa shape index (κ3) is 2.70. The fraction of sp³-hybridized carbons (Fsp3) is 0.714. The van der Waals surface area contributed by atoms with Crippen LogP contribution in [0.25, 0.3) is 0 Å². The third-order valence-electron chi connectivity index (χ3n) is 1.92. The highest BCUT2D eigenvalue weighted by Gasteiger charge is 2.17. The second-order valence-electron chi connectivity index (χ2n) is 3.01. The summed E-state index contributed by atoms with van der Waals surface area (Å²) in [5, 5.41) is 15.2. The molecule has 2 heterocycles. The molecule has 1 aromatic rings. The van der Waals surface area contributed by atoms with Crippen LogP contribution in [0.3, 0.4) is 0 Å².